The molecule has 0 aliphatic carbocycles. The molecule has 204 valence electrons. The summed E-state index contributed by atoms with van der Waals surface area (Å²) in [6.07, 6.45) is -5.01. The molecule has 0 bridgehead atoms. The average Bonchev–Trinajstić information content (AvgIpc) is 2.85. The van der Waals surface area contributed by atoms with Crippen molar-refractivity contribution < 1.29 is 31.9 Å². The topological polar surface area (TPSA) is 77.8 Å². The van der Waals surface area contributed by atoms with Crippen molar-refractivity contribution in [3.8, 4) is 17.2 Å². The van der Waals surface area contributed by atoms with Gasteiger partial charge >= 0.3 is 6.18 Å². The predicted molar refractivity (Wildman–Crippen MR) is 143 cm³/mol. The van der Waals surface area contributed by atoms with Crippen LogP contribution in [0.3, 0.4) is 0 Å². The van der Waals surface area contributed by atoms with Crippen molar-refractivity contribution in [2.45, 2.75) is 39.3 Å². The molecule has 3 aromatic carbocycles. The normalized spacial score (nSPS) is 11.9. The molecule has 0 aliphatic heterocycles. The van der Waals surface area contributed by atoms with Crippen molar-refractivity contribution in [1.29, 1.82) is 0 Å². The maximum absolute atomic E-state index is 13.9. The lowest BCUT2D eigenvalue weighted by Crippen LogP contribution is -2.20. The van der Waals surface area contributed by atoms with Crippen LogP contribution >= 0.6 is 11.6 Å². The van der Waals surface area contributed by atoms with Crippen LogP contribution in [-0.2, 0) is 16.4 Å². The molecule has 0 fully saturated rings. The summed E-state index contributed by atoms with van der Waals surface area (Å²) < 4.78 is 57.6. The first-order valence-electron chi connectivity index (χ1n) is 11.9. The Balaban J connectivity index is 1.59. The molecule has 0 atom stereocenters. The van der Waals surface area contributed by atoms with Crippen LogP contribution in [0.4, 0.5) is 18.9 Å². The van der Waals surface area contributed by atoms with E-state index in [9.17, 15) is 22.8 Å². The number of carbonyl (C=O) groups is 1. The van der Waals surface area contributed by atoms with Crippen LogP contribution in [0.5, 0.6) is 17.2 Å². The molecule has 0 aliphatic rings. The number of hydrogen-bond acceptors (Lipinski definition) is 5. The van der Waals surface area contributed by atoms with Crippen molar-refractivity contribution >= 4 is 34.2 Å². The zero-order valence-corrected chi connectivity index (χ0v) is 22.3. The van der Waals surface area contributed by atoms with Crippen LogP contribution in [0.2, 0.25) is 5.02 Å². The third kappa shape index (κ3) is 6.54. The zero-order valence-electron chi connectivity index (χ0n) is 21.5. The third-order valence-electron chi connectivity index (χ3n) is 5.85. The Labute approximate surface area is 227 Å². The lowest BCUT2D eigenvalue weighted by Gasteiger charge is -2.19. The number of anilines is 1. The van der Waals surface area contributed by atoms with Gasteiger partial charge < -0.3 is 19.2 Å². The number of amides is 1. The summed E-state index contributed by atoms with van der Waals surface area (Å²) in [5, 5.41) is 3.04. The Bertz CT molecular complexity index is 1590. The molecule has 1 N–H and O–H groups in total. The molecule has 1 amide bonds. The molecule has 0 radical (unpaired) electrons. The van der Waals surface area contributed by atoms with Gasteiger partial charge in [0.15, 0.2) is 6.61 Å². The first-order chi connectivity index (χ1) is 18.2. The average molecular weight is 560 g/mol. The van der Waals surface area contributed by atoms with Gasteiger partial charge in [0, 0.05) is 16.8 Å². The van der Waals surface area contributed by atoms with Gasteiger partial charge in [0.1, 0.15) is 17.1 Å². The lowest BCUT2D eigenvalue weighted by atomic mass is 9.87. The van der Waals surface area contributed by atoms with E-state index in [2.05, 4.69) is 5.32 Å². The van der Waals surface area contributed by atoms with E-state index in [4.69, 9.17) is 25.5 Å². The molecule has 0 saturated carbocycles. The predicted octanol–water partition coefficient (Wildman–Crippen LogP) is 7.88. The molecule has 1 heterocycles. The Morgan fingerprint density at radius 1 is 0.974 bits per heavy atom. The number of carbonyl (C=O) groups excluding carboxylic acids is 1. The maximum atomic E-state index is 13.9. The zero-order chi connectivity index (χ0) is 28.5. The number of hydrogen-bond donors (Lipinski definition) is 1. The molecular formula is C29H25ClF3NO5. The maximum Gasteiger partial charge on any atom is 0.453 e. The summed E-state index contributed by atoms with van der Waals surface area (Å²) in [7, 11) is 0. The fraction of sp³-hybridized carbons (Fsp3) is 0.241. The quantitative estimate of drug-likeness (QED) is 0.260. The number of aryl methyl sites for hydroxylation is 1. The molecule has 1 aromatic heterocycles. The fourth-order valence-electron chi connectivity index (χ4n) is 3.77. The van der Waals surface area contributed by atoms with Gasteiger partial charge in [-0.3, -0.25) is 9.59 Å². The SMILES string of the molecule is Cc1cc(Cl)ccc1NC(=O)COc1ccc2c(=O)c(Oc3ccc(C(C)(C)C)cc3)c(C(F)(F)F)oc2c1. The van der Waals surface area contributed by atoms with Gasteiger partial charge in [-0.15, -0.1) is 0 Å². The first-order valence-corrected chi connectivity index (χ1v) is 12.3. The van der Waals surface area contributed by atoms with E-state index in [1.54, 1.807) is 37.3 Å². The van der Waals surface area contributed by atoms with Crippen LogP contribution in [0.25, 0.3) is 11.0 Å². The van der Waals surface area contributed by atoms with Crippen LogP contribution in [0.1, 0.15) is 37.7 Å². The highest BCUT2D eigenvalue weighted by atomic mass is 35.5. The van der Waals surface area contributed by atoms with E-state index in [1.807, 2.05) is 20.8 Å². The van der Waals surface area contributed by atoms with Gasteiger partial charge in [0.2, 0.25) is 11.2 Å². The largest absolute Gasteiger partial charge is 0.484 e. The summed E-state index contributed by atoms with van der Waals surface area (Å²) in [6.45, 7) is 7.31. The van der Waals surface area contributed by atoms with Crippen molar-refractivity contribution in [1.82, 2.24) is 0 Å². The molecule has 6 nitrogen and oxygen atoms in total. The number of alkyl halides is 3. The molecular weight excluding hydrogens is 535 g/mol. The number of halogens is 4. The van der Waals surface area contributed by atoms with Crippen molar-refractivity contribution in [2.75, 3.05) is 11.9 Å². The highest BCUT2D eigenvalue weighted by Gasteiger charge is 2.40. The Kier molecular flexibility index (Phi) is 7.66. The molecule has 39 heavy (non-hydrogen) atoms. The highest BCUT2D eigenvalue weighted by molar-refractivity contribution is 6.30. The van der Waals surface area contributed by atoms with Crippen molar-refractivity contribution in [3.05, 3.63) is 92.8 Å². The summed E-state index contributed by atoms with van der Waals surface area (Å²) >= 11 is 5.92. The van der Waals surface area contributed by atoms with E-state index < -0.39 is 35.6 Å². The third-order valence-corrected chi connectivity index (χ3v) is 6.09. The van der Waals surface area contributed by atoms with E-state index >= 15 is 0 Å². The number of benzene rings is 3. The van der Waals surface area contributed by atoms with E-state index in [0.717, 1.165) is 17.2 Å². The van der Waals surface area contributed by atoms with Crippen LogP contribution in [-0.4, -0.2) is 12.5 Å². The molecule has 0 spiro atoms. The Morgan fingerprint density at radius 2 is 1.64 bits per heavy atom. The minimum atomic E-state index is -5.01. The number of nitrogens with one attached hydrogen (secondary N) is 1. The van der Waals surface area contributed by atoms with E-state index in [-0.39, 0.29) is 27.9 Å². The lowest BCUT2D eigenvalue weighted by molar-refractivity contribution is -0.154. The highest BCUT2D eigenvalue weighted by Crippen LogP contribution is 2.39. The van der Waals surface area contributed by atoms with Gasteiger partial charge in [-0.1, -0.05) is 44.5 Å². The number of ether oxygens (including phenoxy) is 2. The number of rotatable bonds is 6. The summed E-state index contributed by atoms with van der Waals surface area (Å²) in [4.78, 5) is 25.4. The second kappa shape index (κ2) is 10.6. The van der Waals surface area contributed by atoms with Gasteiger partial charge in [-0.25, -0.2) is 0 Å². The standard InChI is InChI=1S/C29H25ClF3NO5/c1-16-13-18(30)7-12-22(16)34-24(35)15-37-20-10-11-21-23(14-20)39-27(29(31,32)33)26(25(21)36)38-19-8-5-17(6-9-19)28(2,3)4/h5-14H,15H2,1-4H3,(H,34,35). The smallest absolute Gasteiger partial charge is 0.453 e. The first kappa shape index (κ1) is 28.0. The summed E-state index contributed by atoms with van der Waals surface area (Å²) in [6, 6.07) is 15.1. The van der Waals surface area contributed by atoms with Crippen LogP contribution in [0, 0.1) is 6.92 Å². The van der Waals surface area contributed by atoms with Crippen molar-refractivity contribution in [2.24, 2.45) is 0 Å². The Morgan fingerprint density at radius 3 is 2.26 bits per heavy atom. The molecule has 10 heteroatoms. The molecule has 4 rings (SSSR count). The van der Waals surface area contributed by atoms with E-state index in [0.29, 0.717) is 10.7 Å². The Hall–Kier alpha value is -3.98. The molecule has 0 saturated heterocycles. The summed E-state index contributed by atoms with van der Waals surface area (Å²) in [5.74, 6) is -2.95. The van der Waals surface area contributed by atoms with E-state index in [1.165, 1.54) is 24.3 Å². The molecule has 4 aromatic rings. The second-order valence-corrected chi connectivity index (χ2v) is 10.4. The summed E-state index contributed by atoms with van der Waals surface area (Å²) in [5.41, 5.74) is 0.688. The minimum absolute atomic E-state index is 0.0354. The van der Waals surface area contributed by atoms with Gasteiger partial charge in [-0.2, -0.15) is 13.2 Å². The van der Waals surface area contributed by atoms with Gasteiger partial charge in [0.25, 0.3) is 11.7 Å². The fourth-order valence-corrected chi connectivity index (χ4v) is 4.00. The minimum Gasteiger partial charge on any atom is -0.484 e. The monoisotopic (exact) mass is 559 g/mol. The van der Waals surface area contributed by atoms with Gasteiger partial charge in [0.05, 0.1) is 5.39 Å². The van der Waals surface area contributed by atoms with Crippen molar-refractivity contribution in [3.63, 3.8) is 0 Å². The van der Waals surface area contributed by atoms with Crippen LogP contribution in [0.15, 0.2) is 69.9 Å². The molecule has 0 unspecified atom stereocenters. The van der Waals surface area contributed by atoms with Gasteiger partial charge in [-0.05, 0) is 65.9 Å². The number of fused-ring (bicyclic) bond motifs is 1. The second-order valence-electron chi connectivity index (χ2n) is 9.92. The van der Waals surface area contributed by atoms with Crippen LogP contribution < -0.4 is 20.2 Å².